The Labute approximate surface area is 134 Å². The van der Waals surface area contributed by atoms with Gasteiger partial charge in [0.2, 0.25) is 0 Å². The Bertz CT molecular complexity index is 730. The van der Waals surface area contributed by atoms with Gasteiger partial charge >= 0.3 is 0 Å². The maximum Gasteiger partial charge on any atom is -0.00790 e. The zero-order valence-corrected chi connectivity index (χ0v) is 13.8. The molecule has 0 fully saturated rings. The minimum Gasteiger partial charge on any atom is -0.0905 e. The van der Waals surface area contributed by atoms with Crippen molar-refractivity contribution in [3.63, 3.8) is 0 Å². The van der Waals surface area contributed by atoms with E-state index < -0.39 is 0 Å². The molecule has 0 N–H and O–H groups in total. The average Bonchev–Trinajstić information content (AvgIpc) is 2.51. The number of hydrogen-bond donors (Lipinski definition) is 0. The van der Waals surface area contributed by atoms with E-state index in [1.54, 1.807) is 0 Å². The summed E-state index contributed by atoms with van der Waals surface area (Å²) in [5.41, 5.74) is 9.48. The second kappa shape index (κ2) is 5.96. The van der Waals surface area contributed by atoms with Crippen LogP contribution >= 0.6 is 0 Å². The molecule has 0 nitrogen and oxygen atoms in total. The molecule has 0 aliphatic heterocycles. The zero-order valence-electron chi connectivity index (χ0n) is 13.8. The van der Waals surface area contributed by atoms with Crippen LogP contribution < -0.4 is 0 Å². The van der Waals surface area contributed by atoms with Gasteiger partial charge in [-0.2, -0.15) is 0 Å². The van der Waals surface area contributed by atoms with Crippen LogP contribution in [0.5, 0.6) is 0 Å². The molecule has 112 valence electrons. The third-order valence-electron chi connectivity index (χ3n) is 4.52. The van der Waals surface area contributed by atoms with Gasteiger partial charge < -0.3 is 0 Å². The molecule has 0 heteroatoms. The van der Waals surface area contributed by atoms with E-state index in [0.29, 0.717) is 5.92 Å². The van der Waals surface area contributed by atoms with Crippen LogP contribution in [0.4, 0.5) is 0 Å². The van der Waals surface area contributed by atoms with Gasteiger partial charge in [0.15, 0.2) is 0 Å². The highest BCUT2D eigenvalue weighted by molar-refractivity contribution is 6.06. The number of allylic oxidation sites excluding steroid dienone is 3. The molecule has 0 unspecified atom stereocenters. The SMILES string of the molecule is C=C1C(c2ccccc2)=CCc2c1ccc(C)c2CC(C)C. The second-order valence-corrected chi connectivity index (χ2v) is 6.65. The Morgan fingerprint density at radius 3 is 2.45 bits per heavy atom. The summed E-state index contributed by atoms with van der Waals surface area (Å²) in [6, 6.07) is 15.1. The number of aryl methyl sites for hydroxylation is 1. The van der Waals surface area contributed by atoms with E-state index >= 15 is 0 Å². The lowest BCUT2D eigenvalue weighted by Gasteiger charge is -2.25. The standard InChI is InChI=1S/C22H24/c1-15(2)14-22-16(3)10-11-20-17(4)19(12-13-21(20)22)18-8-6-5-7-9-18/h5-12,15H,4,13-14H2,1-3H3. The molecule has 3 rings (SSSR count). The van der Waals surface area contributed by atoms with Gasteiger partial charge in [-0.3, -0.25) is 0 Å². The van der Waals surface area contributed by atoms with E-state index in [2.05, 4.69) is 75.9 Å². The van der Waals surface area contributed by atoms with Gasteiger partial charge in [-0.1, -0.05) is 69.0 Å². The Hall–Kier alpha value is -2.08. The number of hydrogen-bond acceptors (Lipinski definition) is 0. The van der Waals surface area contributed by atoms with E-state index in [1.165, 1.54) is 33.4 Å². The van der Waals surface area contributed by atoms with Crippen molar-refractivity contribution in [1.82, 2.24) is 0 Å². The molecular formula is C22H24. The molecule has 0 radical (unpaired) electrons. The predicted octanol–water partition coefficient (Wildman–Crippen LogP) is 5.85. The van der Waals surface area contributed by atoms with Crippen molar-refractivity contribution in [3.8, 4) is 0 Å². The molecule has 2 aromatic rings. The Balaban J connectivity index is 2.05. The molecule has 0 amide bonds. The summed E-state index contributed by atoms with van der Waals surface area (Å²) in [4.78, 5) is 0. The summed E-state index contributed by atoms with van der Waals surface area (Å²) < 4.78 is 0. The van der Waals surface area contributed by atoms with Crippen LogP contribution in [0.15, 0.2) is 55.1 Å². The Morgan fingerprint density at radius 1 is 1.05 bits per heavy atom. The summed E-state index contributed by atoms with van der Waals surface area (Å²) in [6.45, 7) is 11.2. The third-order valence-corrected chi connectivity index (χ3v) is 4.52. The quantitative estimate of drug-likeness (QED) is 0.665. The van der Waals surface area contributed by atoms with Crippen LogP contribution in [-0.4, -0.2) is 0 Å². The maximum atomic E-state index is 4.39. The molecule has 0 atom stereocenters. The third kappa shape index (κ3) is 2.66. The van der Waals surface area contributed by atoms with Crippen molar-refractivity contribution in [3.05, 3.63) is 82.9 Å². The lowest BCUT2D eigenvalue weighted by Crippen LogP contribution is -2.09. The van der Waals surface area contributed by atoms with E-state index in [9.17, 15) is 0 Å². The average molecular weight is 288 g/mol. The molecule has 0 bridgehead atoms. The molecule has 2 aromatic carbocycles. The fourth-order valence-corrected chi connectivity index (χ4v) is 3.40. The van der Waals surface area contributed by atoms with Crippen LogP contribution in [0.1, 0.15) is 41.7 Å². The van der Waals surface area contributed by atoms with Gasteiger partial charge in [-0.25, -0.2) is 0 Å². The van der Waals surface area contributed by atoms with Crippen molar-refractivity contribution in [2.24, 2.45) is 5.92 Å². The summed E-state index contributed by atoms with van der Waals surface area (Å²) >= 11 is 0. The molecule has 0 saturated carbocycles. The van der Waals surface area contributed by atoms with Crippen molar-refractivity contribution >= 4 is 11.1 Å². The molecule has 0 saturated heterocycles. The fourth-order valence-electron chi connectivity index (χ4n) is 3.40. The van der Waals surface area contributed by atoms with E-state index in [1.807, 2.05) is 0 Å². The molecule has 1 aliphatic carbocycles. The van der Waals surface area contributed by atoms with Crippen LogP contribution in [0.2, 0.25) is 0 Å². The van der Waals surface area contributed by atoms with Gasteiger partial charge in [0.1, 0.15) is 0 Å². The predicted molar refractivity (Wildman–Crippen MR) is 96.9 cm³/mol. The lowest BCUT2D eigenvalue weighted by molar-refractivity contribution is 0.641. The Morgan fingerprint density at radius 2 is 1.77 bits per heavy atom. The fraction of sp³-hybridized carbons (Fsp3) is 0.273. The van der Waals surface area contributed by atoms with Crippen LogP contribution in [0.3, 0.4) is 0 Å². The highest BCUT2D eigenvalue weighted by Gasteiger charge is 2.20. The summed E-state index contributed by atoms with van der Waals surface area (Å²) in [5, 5.41) is 0. The summed E-state index contributed by atoms with van der Waals surface area (Å²) in [6.07, 6.45) is 4.52. The van der Waals surface area contributed by atoms with Gasteiger partial charge in [0.05, 0.1) is 0 Å². The minimum atomic E-state index is 0.679. The first-order chi connectivity index (χ1) is 10.6. The minimum absolute atomic E-state index is 0.679. The van der Waals surface area contributed by atoms with Crippen molar-refractivity contribution in [1.29, 1.82) is 0 Å². The van der Waals surface area contributed by atoms with Crippen LogP contribution in [-0.2, 0) is 12.8 Å². The zero-order chi connectivity index (χ0) is 15.7. The first-order valence-electron chi connectivity index (χ1n) is 8.14. The highest BCUT2D eigenvalue weighted by atomic mass is 14.2. The maximum absolute atomic E-state index is 4.39. The molecule has 0 spiro atoms. The molecule has 0 aromatic heterocycles. The Kier molecular flexibility index (Phi) is 4.02. The van der Waals surface area contributed by atoms with E-state index in [0.717, 1.165) is 18.4 Å². The molecular weight excluding hydrogens is 264 g/mol. The van der Waals surface area contributed by atoms with Gasteiger partial charge in [0.25, 0.3) is 0 Å². The molecule has 1 aliphatic rings. The van der Waals surface area contributed by atoms with Crippen LogP contribution in [0.25, 0.3) is 11.1 Å². The topological polar surface area (TPSA) is 0 Å². The van der Waals surface area contributed by atoms with Crippen LogP contribution in [0, 0.1) is 12.8 Å². The van der Waals surface area contributed by atoms with Crippen molar-refractivity contribution in [2.45, 2.75) is 33.6 Å². The van der Waals surface area contributed by atoms with Crippen molar-refractivity contribution < 1.29 is 0 Å². The number of benzene rings is 2. The first-order valence-corrected chi connectivity index (χ1v) is 8.14. The normalized spacial score (nSPS) is 14.0. The van der Waals surface area contributed by atoms with Gasteiger partial charge in [-0.05, 0) is 64.6 Å². The molecule has 0 heterocycles. The largest absolute Gasteiger partial charge is 0.0905 e. The smallest absolute Gasteiger partial charge is 0.00790 e. The summed E-state index contributed by atoms with van der Waals surface area (Å²) in [7, 11) is 0. The monoisotopic (exact) mass is 288 g/mol. The van der Waals surface area contributed by atoms with E-state index in [4.69, 9.17) is 0 Å². The highest BCUT2D eigenvalue weighted by Crippen LogP contribution is 2.38. The van der Waals surface area contributed by atoms with Gasteiger partial charge in [-0.15, -0.1) is 0 Å². The van der Waals surface area contributed by atoms with Gasteiger partial charge in [0, 0.05) is 0 Å². The lowest BCUT2D eigenvalue weighted by atomic mass is 9.80. The second-order valence-electron chi connectivity index (χ2n) is 6.65. The number of fused-ring (bicyclic) bond motifs is 1. The first kappa shape index (κ1) is 14.8. The van der Waals surface area contributed by atoms with E-state index in [-0.39, 0.29) is 0 Å². The number of rotatable bonds is 3. The summed E-state index contributed by atoms with van der Waals surface area (Å²) in [5.74, 6) is 0.679. The van der Waals surface area contributed by atoms with Crippen molar-refractivity contribution in [2.75, 3.05) is 0 Å². The molecule has 22 heavy (non-hydrogen) atoms.